The molecule has 24 heavy (non-hydrogen) atoms. The fourth-order valence-electron chi connectivity index (χ4n) is 2.08. The van der Waals surface area contributed by atoms with Crippen molar-refractivity contribution in [2.45, 2.75) is 0 Å². The fraction of sp³-hybridized carbons (Fsp3) is 0. The minimum absolute atomic E-state index is 0.332. The molecular weight excluding hydrogens is 350 g/mol. The number of imidazole rings is 1. The minimum atomic E-state index is -0.673. The number of aromatic nitrogens is 2. The van der Waals surface area contributed by atoms with Gasteiger partial charge in [0.25, 0.3) is 0 Å². The number of amides is 3. The average molecular weight is 362 g/mol. The topological polar surface area (TPSA) is 102 Å². The summed E-state index contributed by atoms with van der Waals surface area (Å²) < 4.78 is 1.80. The third-order valence-corrected chi connectivity index (χ3v) is 4.08. The van der Waals surface area contributed by atoms with Crippen molar-refractivity contribution < 1.29 is 9.59 Å². The first-order valence-corrected chi connectivity index (χ1v) is 8.05. The molecule has 0 radical (unpaired) electrons. The number of nitrogens with two attached hydrogens (primary N) is 1. The molecule has 1 aromatic carbocycles. The van der Waals surface area contributed by atoms with Gasteiger partial charge < -0.3 is 16.4 Å². The number of thiazole rings is 1. The number of rotatable bonds is 4. The molecule has 0 unspecified atom stereocenters. The van der Waals surface area contributed by atoms with Crippen LogP contribution in [-0.4, -0.2) is 21.3 Å². The predicted octanol–water partition coefficient (Wildman–Crippen LogP) is 3.19. The zero-order valence-electron chi connectivity index (χ0n) is 12.2. The van der Waals surface area contributed by atoms with Gasteiger partial charge in [-0.3, -0.25) is 9.20 Å². The second kappa shape index (κ2) is 6.73. The lowest BCUT2D eigenvalue weighted by atomic mass is 10.2. The normalized spacial score (nSPS) is 11.0. The van der Waals surface area contributed by atoms with Crippen LogP contribution in [0.4, 0.5) is 16.2 Å². The summed E-state index contributed by atoms with van der Waals surface area (Å²) in [7, 11) is 0. The highest BCUT2D eigenvalue weighted by Crippen LogP contribution is 2.22. The predicted molar refractivity (Wildman–Crippen MR) is 95.4 cm³/mol. The van der Waals surface area contributed by atoms with Gasteiger partial charge in [0.05, 0.1) is 5.69 Å². The number of hydrogen-bond donors (Lipinski definition) is 3. The largest absolute Gasteiger partial charge is 0.351 e. The molecule has 3 rings (SSSR count). The van der Waals surface area contributed by atoms with Crippen LogP contribution in [0.25, 0.3) is 11.0 Å². The Labute approximate surface area is 145 Å². The molecule has 0 saturated heterocycles. The van der Waals surface area contributed by atoms with Gasteiger partial charge in [-0.1, -0.05) is 17.7 Å². The first kappa shape index (κ1) is 16.0. The average Bonchev–Trinajstić information content (AvgIpc) is 3.05. The Morgan fingerprint density at radius 1 is 1.29 bits per heavy atom. The molecule has 0 saturated carbocycles. The summed E-state index contributed by atoms with van der Waals surface area (Å²) in [5, 5.41) is 7.34. The van der Waals surface area contributed by atoms with Gasteiger partial charge in [-0.05, 0) is 24.3 Å². The number of hydrogen-bond acceptors (Lipinski definition) is 4. The van der Waals surface area contributed by atoms with E-state index in [2.05, 4.69) is 15.6 Å². The van der Waals surface area contributed by atoms with Crippen molar-refractivity contribution in [3.8, 4) is 0 Å². The number of carbonyl (C=O) groups is 2. The summed E-state index contributed by atoms with van der Waals surface area (Å²) in [5.74, 6) is -0.340. The number of nitrogens with zero attached hydrogens (tertiary/aromatic N) is 2. The highest BCUT2D eigenvalue weighted by molar-refractivity contribution is 7.15. The van der Waals surface area contributed by atoms with E-state index in [-0.39, 0.29) is 5.91 Å². The van der Waals surface area contributed by atoms with Crippen molar-refractivity contribution in [1.82, 2.24) is 9.38 Å². The summed E-state index contributed by atoms with van der Waals surface area (Å²) in [6.45, 7) is 0. The molecule has 7 nitrogen and oxygen atoms in total. The molecule has 0 atom stereocenters. The molecule has 0 aliphatic rings. The molecule has 0 fully saturated rings. The van der Waals surface area contributed by atoms with E-state index in [9.17, 15) is 9.59 Å². The Morgan fingerprint density at radius 2 is 2.04 bits per heavy atom. The second-order valence-electron chi connectivity index (χ2n) is 4.74. The number of halogens is 1. The Hall–Kier alpha value is -2.84. The fourth-order valence-corrected chi connectivity index (χ4v) is 3.09. The Balaban J connectivity index is 1.72. The van der Waals surface area contributed by atoms with Crippen LogP contribution in [-0.2, 0) is 4.79 Å². The van der Waals surface area contributed by atoms with Gasteiger partial charge in [0.1, 0.15) is 0 Å². The first-order valence-electron chi connectivity index (χ1n) is 6.79. The Morgan fingerprint density at radius 3 is 2.79 bits per heavy atom. The maximum atomic E-state index is 12.0. The van der Waals surface area contributed by atoms with E-state index in [1.165, 1.54) is 17.4 Å². The van der Waals surface area contributed by atoms with Gasteiger partial charge in [-0.2, -0.15) is 0 Å². The van der Waals surface area contributed by atoms with E-state index in [1.54, 1.807) is 34.7 Å². The summed E-state index contributed by atoms with van der Waals surface area (Å²) in [5.41, 5.74) is 6.70. The summed E-state index contributed by atoms with van der Waals surface area (Å²) >= 11 is 7.52. The quantitative estimate of drug-likeness (QED) is 0.622. The van der Waals surface area contributed by atoms with Crippen LogP contribution < -0.4 is 16.4 Å². The van der Waals surface area contributed by atoms with Crippen LogP contribution in [0, 0.1) is 0 Å². The zero-order chi connectivity index (χ0) is 17.1. The third kappa shape index (κ3) is 3.55. The standard InChI is InChI=1S/C15H12ClN5O2S/c16-13-11(21-6-7-24-15(21)20-13)4-5-12(22)18-9-2-1-3-10(8-9)19-14(17)23/h1-8H,(H,18,22)(H3,17,19,23)/b5-4+. The molecule has 0 spiro atoms. The Kier molecular flexibility index (Phi) is 4.50. The number of urea groups is 1. The van der Waals surface area contributed by atoms with Crippen LogP contribution >= 0.6 is 22.9 Å². The number of nitrogens with one attached hydrogen (secondary N) is 2. The number of anilines is 2. The van der Waals surface area contributed by atoms with Crippen LogP contribution in [0.5, 0.6) is 0 Å². The second-order valence-corrected chi connectivity index (χ2v) is 5.97. The lowest BCUT2D eigenvalue weighted by Crippen LogP contribution is -2.19. The van der Waals surface area contributed by atoms with Gasteiger partial charge in [0, 0.05) is 29.0 Å². The molecule has 2 aromatic heterocycles. The molecule has 0 aliphatic heterocycles. The molecule has 3 aromatic rings. The molecule has 122 valence electrons. The number of primary amides is 1. The highest BCUT2D eigenvalue weighted by atomic mass is 35.5. The van der Waals surface area contributed by atoms with Crippen molar-refractivity contribution >= 4 is 57.3 Å². The lowest BCUT2D eigenvalue weighted by Gasteiger charge is -2.05. The van der Waals surface area contributed by atoms with Crippen molar-refractivity contribution in [2.24, 2.45) is 5.73 Å². The minimum Gasteiger partial charge on any atom is -0.351 e. The van der Waals surface area contributed by atoms with Crippen molar-refractivity contribution in [2.75, 3.05) is 10.6 Å². The van der Waals surface area contributed by atoms with Crippen LogP contribution in [0.1, 0.15) is 5.69 Å². The molecule has 4 N–H and O–H groups in total. The Bertz CT molecular complexity index is 946. The van der Waals surface area contributed by atoms with E-state index in [0.717, 1.165) is 4.96 Å². The molecule has 0 bridgehead atoms. The van der Waals surface area contributed by atoms with E-state index in [4.69, 9.17) is 17.3 Å². The smallest absolute Gasteiger partial charge is 0.316 e. The van der Waals surface area contributed by atoms with Gasteiger partial charge >= 0.3 is 6.03 Å². The molecular formula is C15H12ClN5O2S. The molecule has 0 aliphatic carbocycles. The van der Waals surface area contributed by atoms with Gasteiger partial charge in [-0.25, -0.2) is 9.78 Å². The van der Waals surface area contributed by atoms with Gasteiger partial charge in [0.2, 0.25) is 5.91 Å². The number of carbonyl (C=O) groups excluding carboxylic acids is 2. The molecule has 2 heterocycles. The lowest BCUT2D eigenvalue weighted by molar-refractivity contribution is -0.111. The summed E-state index contributed by atoms with van der Waals surface area (Å²) in [4.78, 5) is 27.8. The summed E-state index contributed by atoms with van der Waals surface area (Å²) in [6.07, 6.45) is 4.78. The third-order valence-electron chi connectivity index (χ3n) is 3.04. The van der Waals surface area contributed by atoms with Crippen molar-refractivity contribution in [3.05, 3.63) is 52.8 Å². The first-order chi connectivity index (χ1) is 11.5. The SMILES string of the molecule is NC(=O)Nc1cccc(NC(=O)/C=C/c2c(Cl)nc3sccn23)c1. The van der Waals surface area contributed by atoms with Crippen LogP contribution in [0.15, 0.2) is 41.9 Å². The van der Waals surface area contributed by atoms with Crippen molar-refractivity contribution in [3.63, 3.8) is 0 Å². The van der Waals surface area contributed by atoms with Gasteiger partial charge in [0.15, 0.2) is 10.1 Å². The highest BCUT2D eigenvalue weighted by Gasteiger charge is 2.09. The van der Waals surface area contributed by atoms with Crippen LogP contribution in [0.2, 0.25) is 5.15 Å². The maximum absolute atomic E-state index is 12.0. The van der Waals surface area contributed by atoms with E-state index >= 15 is 0 Å². The van der Waals surface area contributed by atoms with E-state index in [0.29, 0.717) is 22.2 Å². The number of benzene rings is 1. The maximum Gasteiger partial charge on any atom is 0.316 e. The number of fused-ring (bicyclic) bond motifs is 1. The molecule has 9 heteroatoms. The zero-order valence-corrected chi connectivity index (χ0v) is 13.8. The van der Waals surface area contributed by atoms with Crippen molar-refractivity contribution in [1.29, 1.82) is 0 Å². The molecule has 3 amide bonds. The van der Waals surface area contributed by atoms with E-state index in [1.807, 2.05) is 11.6 Å². The van der Waals surface area contributed by atoms with E-state index < -0.39 is 6.03 Å². The summed E-state index contributed by atoms with van der Waals surface area (Å²) in [6, 6.07) is 5.97. The van der Waals surface area contributed by atoms with Crippen LogP contribution in [0.3, 0.4) is 0 Å². The van der Waals surface area contributed by atoms with Gasteiger partial charge in [-0.15, -0.1) is 11.3 Å². The monoisotopic (exact) mass is 361 g/mol.